The average Bonchev–Trinajstić information content (AvgIpc) is 3.19. The van der Waals surface area contributed by atoms with Crippen molar-refractivity contribution in [1.29, 1.82) is 0 Å². The molecule has 0 spiro atoms. The van der Waals surface area contributed by atoms with Crippen molar-refractivity contribution in [3.8, 4) is 0 Å². The van der Waals surface area contributed by atoms with Crippen LogP contribution in [-0.4, -0.2) is 82.1 Å². The second kappa shape index (κ2) is 38.9. The maximum atomic E-state index is 12.6. The molecule has 4 atom stereocenters. The third-order valence-electron chi connectivity index (χ3n) is 9.31. The Kier molecular flexibility index (Phi) is 37.6. The largest absolute Gasteiger partial charge is 0.472 e. The molecule has 0 amide bonds. The van der Waals surface area contributed by atoms with Crippen LogP contribution >= 0.6 is 15.6 Å². The molecule has 59 heavy (non-hydrogen) atoms. The minimum Gasteiger partial charge on any atom is -0.462 e. The van der Waals surface area contributed by atoms with Gasteiger partial charge in [-0.2, -0.15) is 0 Å². The Morgan fingerprint density at radius 3 is 1.61 bits per heavy atom. The van der Waals surface area contributed by atoms with Gasteiger partial charge in [0.25, 0.3) is 0 Å². The first-order valence-electron chi connectivity index (χ1n) is 21.8. The van der Waals surface area contributed by atoms with E-state index in [0.717, 1.165) is 70.1 Å². The molecule has 0 aromatic heterocycles. The van der Waals surface area contributed by atoms with Gasteiger partial charge in [0.15, 0.2) is 6.10 Å². The van der Waals surface area contributed by atoms with E-state index in [1.54, 1.807) is 0 Å². The van der Waals surface area contributed by atoms with E-state index < -0.39 is 66.2 Å². The Labute approximate surface area is 354 Å². The topological polar surface area (TPSA) is 216 Å². The van der Waals surface area contributed by atoms with Gasteiger partial charge < -0.3 is 34.4 Å². The first-order valence-corrected chi connectivity index (χ1v) is 24.9. The predicted molar refractivity (Wildman–Crippen MR) is 231 cm³/mol. The second-order valence-electron chi connectivity index (χ2n) is 14.9. The lowest BCUT2D eigenvalue weighted by molar-refractivity contribution is -0.161. The van der Waals surface area contributed by atoms with E-state index in [9.17, 15) is 28.7 Å². The minimum atomic E-state index is -4.87. The van der Waals surface area contributed by atoms with Gasteiger partial charge in [-0.05, 0) is 63.7 Å². The number of unbranched alkanes of at least 4 members (excludes halogenated alkanes) is 13. The molecular formula is C43H78O14P2. The molecule has 0 aliphatic rings. The van der Waals surface area contributed by atoms with E-state index in [0.29, 0.717) is 19.3 Å². The zero-order valence-electron chi connectivity index (χ0n) is 36.0. The van der Waals surface area contributed by atoms with Crippen molar-refractivity contribution in [3.63, 3.8) is 0 Å². The molecule has 0 radical (unpaired) electrons. The number of esters is 2. The summed E-state index contributed by atoms with van der Waals surface area (Å²) in [4.78, 5) is 52.6. The summed E-state index contributed by atoms with van der Waals surface area (Å²) in [7, 11) is -9.70. The highest BCUT2D eigenvalue weighted by Gasteiger charge is 2.28. The van der Waals surface area contributed by atoms with E-state index in [-0.39, 0.29) is 19.4 Å². The van der Waals surface area contributed by atoms with Crippen LogP contribution in [0.15, 0.2) is 48.6 Å². The molecule has 344 valence electrons. The number of carbonyl (C=O) groups is 2. The summed E-state index contributed by atoms with van der Waals surface area (Å²) in [5.41, 5.74) is 0. The molecule has 0 heterocycles. The molecule has 2 unspecified atom stereocenters. The molecule has 16 heteroatoms. The van der Waals surface area contributed by atoms with Crippen LogP contribution in [-0.2, 0) is 41.8 Å². The first kappa shape index (κ1) is 57.0. The van der Waals surface area contributed by atoms with Crippen molar-refractivity contribution in [2.75, 3.05) is 33.0 Å². The van der Waals surface area contributed by atoms with Crippen LogP contribution in [0, 0.1) is 5.92 Å². The Hall–Kier alpha value is -1.96. The number of carbonyl (C=O) groups excluding carboxylic acids is 2. The Morgan fingerprint density at radius 2 is 1.05 bits per heavy atom. The molecule has 0 rings (SSSR count). The molecule has 0 aliphatic heterocycles. The zero-order chi connectivity index (χ0) is 43.9. The summed E-state index contributed by atoms with van der Waals surface area (Å²) in [6.45, 7) is 2.03. The van der Waals surface area contributed by atoms with Crippen molar-refractivity contribution in [2.45, 2.75) is 174 Å². The van der Waals surface area contributed by atoms with E-state index in [1.165, 1.54) is 51.4 Å². The number of phosphoric ester groups is 2. The molecular weight excluding hydrogens is 802 g/mol. The summed E-state index contributed by atoms with van der Waals surface area (Å²) >= 11 is 0. The van der Waals surface area contributed by atoms with Crippen molar-refractivity contribution < 1.29 is 66.7 Å². The van der Waals surface area contributed by atoms with E-state index in [4.69, 9.17) is 28.9 Å². The van der Waals surface area contributed by atoms with Gasteiger partial charge in [-0.15, -0.1) is 0 Å². The van der Waals surface area contributed by atoms with Gasteiger partial charge in [-0.3, -0.25) is 23.2 Å². The number of allylic oxidation sites excluding steroid dienone is 8. The second-order valence-corrected chi connectivity index (χ2v) is 17.6. The molecule has 0 aromatic carbocycles. The fourth-order valence-electron chi connectivity index (χ4n) is 5.59. The zero-order valence-corrected chi connectivity index (χ0v) is 37.7. The van der Waals surface area contributed by atoms with E-state index in [2.05, 4.69) is 59.4 Å². The van der Waals surface area contributed by atoms with E-state index in [1.807, 2.05) is 12.2 Å². The highest BCUT2D eigenvalue weighted by Crippen LogP contribution is 2.43. The number of rotatable bonds is 41. The normalized spacial score (nSPS) is 15.0. The fourth-order valence-corrected chi connectivity index (χ4v) is 6.75. The Balaban J connectivity index is 4.62. The quantitative estimate of drug-likeness (QED) is 0.0167. The summed E-state index contributed by atoms with van der Waals surface area (Å²) < 4.78 is 47.7. The van der Waals surface area contributed by atoms with Crippen molar-refractivity contribution >= 4 is 27.6 Å². The standard InChI is InChI=1S/C43H78O14P2/c1-3-39(2)31-27-23-19-15-12-13-16-20-24-28-32-42(46)53-37-41(38-56-59(51,52)55-36-40(45)35-54-58(48,49)50)57-43(47)33-29-25-21-17-11-9-7-5-4-6-8-10-14-18-22-26-30-34-44/h4,6-7,9-10,14,17,21,39-41,44-45H,3,5,8,11-13,15-16,18-20,22-38H2,1-2H3,(H,51,52)(H2,48,49,50)/b6-4-,9-7-,14-10-,21-17-/t39?,40-,41+/m0/s1. The molecule has 0 aliphatic carbocycles. The first-order chi connectivity index (χ1) is 28.3. The highest BCUT2D eigenvalue weighted by molar-refractivity contribution is 7.47. The van der Waals surface area contributed by atoms with Gasteiger partial charge in [-0.25, -0.2) is 9.13 Å². The molecule has 0 saturated carbocycles. The van der Waals surface area contributed by atoms with Gasteiger partial charge in [0.05, 0.1) is 19.8 Å². The van der Waals surface area contributed by atoms with Crippen molar-refractivity contribution in [1.82, 2.24) is 0 Å². The van der Waals surface area contributed by atoms with Crippen LogP contribution in [0.2, 0.25) is 0 Å². The highest BCUT2D eigenvalue weighted by atomic mass is 31.2. The van der Waals surface area contributed by atoms with Crippen LogP contribution in [0.25, 0.3) is 0 Å². The summed E-state index contributed by atoms with van der Waals surface area (Å²) in [6, 6.07) is 0. The molecule has 0 bridgehead atoms. The average molecular weight is 881 g/mol. The fraction of sp³-hybridized carbons (Fsp3) is 0.767. The van der Waals surface area contributed by atoms with Crippen LogP contribution in [0.1, 0.15) is 162 Å². The summed E-state index contributed by atoms with van der Waals surface area (Å²) in [5, 5.41) is 18.5. The van der Waals surface area contributed by atoms with Gasteiger partial charge in [0, 0.05) is 19.4 Å². The third-order valence-corrected chi connectivity index (χ3v) is 10.7. The lowest BCUT2D eigenvalue weighted by Gasteiger charge is -2.20. The summed E-state index contributed by atoms with van der Waals surface area (Å²) in [6.07, 6.45) is 35.6. The lowest BCUT2D eigenvalue weighted by atomic mass is 9.99. The van der Waals surface area contributed by atoms with Crippen molar-refractivity contribution in [2.24, 2.45) is 5.92 Å². The number of phosphoric acid groups is 2. The molecule has 0 saturated heterocycles. The van der Waals surface area contributed by atoms with Crippen LogP contribution in [0.5, 0.6) is 0 Å². The summed E-state index contributed by atoms with van der Waals surface area (Å²) in [5.74, 6) is -0.292. The SMILES string of the molecule is CCC(C)CCCCCCCCCCCCC(=O)OC[C@H](COP(=O)(O)OC[C@@H](O)COP(=O)(O)O)OC(=O)CCC/C=C\C/C=C\C/C=C\C/C=C\CCCCCO. The number of ether oxygens (including phenoxy) is 2. The lowest BCUT2D eigenvalue weighted by Crippen LogP contribution is -2.29. The van der Waals surface area contributed by atoms with E-state index >= 15 is 0 Å². The third kappa shape index (κ3) is 42.5. The monoisotopic (exact) mass is 880 g/mol. The maximum Gasteiger partial charge on any atom is 0.472 e. The van der Waals surface area contributed by atoms with Crippen molar-refractivity contribution in [3.05, 3.63) is 48.6 Å². The maximum absolute atomic E-state index is 12.6. The van der Waals surface area contributed by atoms with Crippen LogP contribution in [0.4, 0.5) is 0 Å². The van der Waals surface area contributed by atoms with Gasteiger partial charge in [0.2, 0.25) is 0 Å². The number of aliphatic hydroxyl groups excluding tert-OH is 2. The smallest absolute Gasteiger partial charge is 0.462 e. The molecule has 0 fully saturated rings. The number of hydrogen-bond donors (Lipinski definition) is 5. The molecule has 14 nitrogen and oxygen atoms in total. The molecule has 0 aromatic rings. The number of hydrogen-bond acceptors (Lipinski definition) is 11. The number of aliphatic hydroxyl groups is 2. The van der Waals surface area contributed by atoms with Gasteiger partial charge in [0.1, 0.15) is 12.7 Å². The van der Waals surface area contributed by atoms with Gasteiger partial charge in [-0.1, -0.05) is 140 Å². The van der Waals surface area contributed by atoms with Crippen LogP contribution in [0.3, 0.4) is 0 Å². The molecule has 5 N–H and O–H groups in total. The minimum absolute atomic E-state index is 0.0454. The van der Waals surface area contributed by atoms with Crippen LogP contribution < -0.4 is 0 Å². The Morgan fingerprint density at radius 1 is 0.576 bits per heavy atom. The predicted octanol–water partition coefficient (Wildman–Crippen LogP) is 9.89. The van der Waals surface area contributed by atoms with Gasteiger partial charge >= 0.3 is 27.6 Å². The Bertz CT molecular complexity index is 1250.